The molecule has 7 heteroatoms. The van der Waals surface area contributed by atoms with Gasteiger partial charge in [0.2, 0.25) is 5.92 Å². The first-order valence-corrected chi connectivity index (χ1v) is 5.20. The van der Waals surface area contributed by atoms with Crippen molar-refractivity contribution in [2.45, 2.75) is 6.92 Å². The number of carboxylic acids is 2. The molecule has 0 saturated carbocycles. The number of aliphatic hydroxyl groups excluding tert-OH is 1. The van der Waals surface area contributed by atoms with Gasteiger partial charge in [-0.3, -0.25) is 9.59 Å². The lowest BCUT2D eigenvalue weighted by Crippen LogP contribution is -2.30. The van der Waals surface area contributed by atoms with Crippen LogP contribution in [-0.2, 0) is 9.59 Å². The fourth-order valence-electron chi connectivity index (χ4n) is 0.874. The molecule has 3 N–H and O–H groups in total. The molecule has 0 aliphatic heterocycles. The number of carboxylic acid groups (broad SMARTS) is 2. The maximum absolute atomic E-state index is 11.2. The van der Waals surface area contributed by atoms with Gasteiger partial charge in [-0.15, -0.1) is 0 Å². The van der Waals surface area contributed by atoms with Crippen LogP contribution >= 0.6 is 7.77 Å². The molecule has 14 heavy (non-hydrogen) atoms. The molecule has 6 nitrogen and oxygen atoms in total. The standard InChI is InChI=1S/C7H11O6P/c1-4(14(13)3-2-8)5(6(9)10)7(11)12/h5,8H,2-3H2,1H3,(H,9,10)(H,11,12). The summed E-state index contributed by atoms with van der Waals surface area (Å²) in [5.41, 5.74) is 0. The third-order valence-electron chi connectivity index (χ3n) is 1.61. The fraction of sp³-hybridized carbons (Fsp3) is 0.571. The number of carbonyl (C=O) groups is 2. The fourth-order valence-corrected chi connectivity index (χ4v) is 1.92. The lowest BCUT2D eigenvalue weighted by molar-refractivity contribution is -0.156. The quantitative estimate of drug-likeness (QED) is 0.393. The molecule has 1 atom stereocenters. The first-order chi connectivity index (χ1) is 6.41. The largest absolute Gasteiger partial charge is 0.630 e. The Morgan fingerprint density at radius 1 is 1.36 bits per heavy atom. The molecule has 0 aliphatic rings. The summed E-state index contributed by atoms with van der Waals surface area (Å²) in [5.74, 6) is -4.85. The average molecular weight is 222 g/mol. The van der Waals surface area contributed by atoms with E-state index in [4.69, 9.17) is 15.3 Å². The van der Waals surface area contributed by atoms with Gasteiger partial charge in [0.25, 0.3) is 0 Å². The average Bonchev–Trinajstić information content (AvgIpc) is 2.03. The van der Waals surface area contributed by atoms with E-state index in [1.807, 2.05) is 0 Å². The second-order valence-electron chi connectivity index (χ2n) is 2.58. The van der Waals surface area contributed by atoms with Gasteiger partial charge in [0.15, 0.2) is 0 Å². The van der Waals surface area contributed by atoms with Crippen molar-refractivity contribution >= 4 is 25.0 Å². The van der Waals surface area contributed by atoms with Crippen LogP contribution in [0, 0.1) is 5.92 Å². The Labute approximate surface area is 81.3 Å². The van der Waals surface area contributed by atoms with Gasteiger partial charge in [-0.1, -0.05) is 0 Å². The molecule has 80 valence electrons. The number of hydrogen-bond acceptors (Lipinski definition) is 4. The summed E-state index contributed by atoms with van der Waals surface area (Å²) in [7, 11) is -2.09. The first-order valence-electron chi connectivity index (χ1n) is 3.76. The first kappa shape index (κ1) is 13.0. The molecule has 0 aromatic rings. The van der Waals surface area contributed by atoms with Crippen LogP contribution in [0.1, 0.15) is 6.92 Å². The number of aliphatic carboxylic acids is 2. The van der Waals surface area contributed by atoms with Crippen LogP contribution in [-0.4, -0.2) is 45.3 Å². The van der Waals surface area contributed by atoms with Crippen molar-refractivity contribution in [3.8, 4) is 0 Å². The summed E-state index contributed by atoms with van der Waals surface area (Å²) in [6, 6.07) is 0. The van der Waals surface area contributed by atoms with Crippen molar-refractivity contribution in [2.75, 3.05) is 12.8 Å². The molecule has 0 aromatic carbocycles. The van der Waals surface area contributed by atoms with Gasteiger partial charge < -0.3 is 20.2 Å². The number of rotatable bonds is 5. The van der Waals surface area contributed by atoms with E-state index in [1.165, 1.54) is 6.92 Å². The van der Waals surface area contributed by atoms with E-state index in [-0.39, 0.29) is 18.1 Å². The Morgan fingerprint density at radius 3 is 2.07 bits per heavy atom. The van der Waals surface area contributed by atoms with Crippen molar-refractivity contribution in [3.63, 3.8) is 0 Å². The van der Waals surface area contributed by atoms with E-state index in [0.717, 1.165) is 0 Å². The highest BCUT2D eigenvalue weighted by atomic mass is 31.1. The SMILES string of the molecule is CC(C(C(=O)O)C(=O)O)=[P+]([O-])CCO. The van der Waals surface area contributed by atoms with Crippen LogP contribution in [0.2, 0.25) is 0 Å². The summed E-state index contributed by atoms with van der Waals surface area (Å²) < 4.78 is 0. The third-order valence-corrected chi connectivity index (χ3v) is 3.26. The van der Waals surface area contributed by atoms with Crippen molar-refractivity contribution in [1.82, 2.24) is 0 Å². The van der Waals surface area contributed by atoms with Crippen molar-refractivity contribution < 1.29 is 29.8 Å². The molecule has 0 bridgehead atoms. The van der Waals surface area contributed by atoms with Crippen LogP contribution in [0.5, 0.6) is 0 Å². The zero-order chi connectivity index (χ0) is 11.3. The second-order valence-corrected chi connectivity index (χ2v) is 4.49. The molecule has 0 aromatic heterocycles. The van der Waals surface area contributed by atoms with Gasteiger partial charge in [0.1, 0.15) is 11.5 Å². The summed E-state index contributed by atoms with van der Waals surface area (Å²) >= 11 is 0. The van der Waals surface area contributed by atoms with E-state index in [2.05, 4.69) is 0 Å². The lowest BCUT2D eigenvalue weighted by atomic mass is 10.1. The Balaban J connectivity index is 4.93. The van der Waals surface area contributed by atoms with E-state index >= 15 is 0 Å². The molecule has 1 unspecified atom stereocenters. The highest BCUT2D eigenvalue weighted by Crippen LogP contribution is 2.18. The van der Waals surface area contributed by atoms with Gasteiger partial charge in [0, 0.05) is 0 Å². The normalized spacial score (nSPS) is 12.6. The van der Waals surface area contributed by atoms with Crippen LogP contribution < -0.4 is 4.89 Å². The van der Waals surface area contributed by atoms with Gasteiger partial charge in [-0.05, 0) is 6.92 Å². The molecule has 0 radical (unpaired) electrons. The van der Waals surface area contributed by atoms with Crippen LogP contribution in [0.15, 0.2) is 0 Å². The van der Waals surface area contributed by atoms with Gasteiger partial charge in [-0.25, -0.2) is 0 Å². The maximum Gasteiger partial charge on any atom is 0.326 e. The summed E-state index contributed by atoms with van der Waals surface area (Å²) in [6.45, 7) is 0.847. The van der Waals surface area contributed by atoms with Gasteiger partial charge in [0.05, 0.1) is 14.4 Å². The van der Waals surface area contributed by atoms with E-state index < -0.39 is 25.6 Å². The zero-order valence-electron chi connectivity index (χ0n) is 7.51. The van der Waals surface area contributed by atoms with Crippen LogP contribution in [0.4, 0.5) is 0 Å². The number of hydrogen-bond donors (Lipinski definition) is 3. The highest BCUT2D eigenvalue weighted by Gasteiger charge is 2.32. The minimum atomic E-state index is -2.09. The second kappa shape index (κ2) is 5.70. The molecular formula is C7H11O6P. The number of aliphatic hydroxyl groups is 1. The Morgan fingerprint density at radius 2 is 1.79 bits per heavy atom. The van der Waals surface area contributed by atoms with E-state index in [9.17, 15) is 14.5 Å². The zero-order valence-corrected chi connectivity index (χ0v) is 8.40. The molecule has 0 fully saturated rings. The molecular weight excluding hydrogens is 211 g/mol. The minimum absolute atomic E-state index is 0.113. The van der Waals surface area contributed by atoms with Crippen molar-refractivity contribution in [3.05, 3.63) is 0 Å². The summed E-state index contributed by atoms with van der Waals surface area (Å²) in [5, 5.41) is 25.4. The molecule has 0 saturated heterocycles. The van der Waals surface area contributed by atoms with Crippen molar-refractivity contribution in [2.24, 2.45) is 5.92 Å². The van der Waals surface area contributed by atoms with E-state index in [0.29, 0.717) is 0 Å². The van der Waals surface area contributed by atoms with Crippen molar-refractivity contribution in [1.29, 1.82) is 0 Å². The minimum Gasteiger partial charge on any atom is -0.630 e. The molecule has 0 heterocycles. The molecule has 0 amide bonds. The molecule has 0 rings (SSSR count). The molecule has 0 aliphatic carbocycles. The third kappa shape index (κ3) is 3.41. The highest BCUT2D eigenvalue weighted by molar-refractivity contribution is 7.52. The molecule has 0 spiro atoms. The van der Waals surface area contributed by atoms with Gasteiger partial charge in [-0.2, -0.15) is 0 Å². The maximum atomic E-state index is 11.2. The Bertz CT molecular complexity index is 257. The predicted molar refractivity (Wildman–Crippen MR) is 48.3 cm³/mol. The Kier molecular flexibility index (Phi) is 5.30. The summed E-state index contributed by atoms with van der Waals surface area (Å²) in [6.07, 6.45) is -0.113. The van der Waals surface area contributed by atoms with Crippen LogP contribution in [0.25, 0.3) is 0 Å². The predicted octanol–water partition coefficient (Wildman–Crippen LogP) is -1.29. The lowest BCUT2D eigenvalue weighted by Gasteiger charge is -2.07. The smallest absolute Gasteiger partial charge is 0.326 e. The monoisotopic (exact) mass is 222 g/mol. The summed E-state index contributed by atoms with van der Waals surface area (Å²) in [4.78, 5) is 32.2. The van der Waals surface area contributed by atoms with Crippen LogP contribution in [0.3, 0.4) is 0 Å². The van der Waals surface area contributed by atoms with E-state index in [1.54, 1.807) is 0 Å². The topological polar surface area (TPSA) is 118 Å². The van der Waals surface area contributed by atoms with Gasteiger partial charge >= 0.3 is 11.9 Å². The Hall–Kier alpha value is -0.970.